The number of ether oxygens (including phenoxy) is 4. The number of hydrogen-bond donors (Lipinski definition) is 0. The summed E-state index contributed by atoms with van der Waals surface area (Å²) in [5.74, 6) is -0.112. The van der Waals surface area contributed by atoms with Crippen LogP contribution in [0.2, 0.25) is 0 Å². The van der Waals surface area contributed by atoms with Gasteiger partial charge < -0.3 is 28.7 Å². The third-order valence-corrected chi connectivity index (χ3v) is 7.86. The number of carbonyl (C=O) groups excluding carboxylic acids is 3. The van der Waals surface area contributed by atoms with Gasteiger partial charge >= 0.3 is 11.9 Å². The van der Waals surface area contributed by atoms with E-state index in [1.807, 2.05) is 22.4 Å². The molecule has 0 aromatic heterocycles. The van der Waals surface area contributed by atoms with Crippen LogP contribution in [0.4, 0.5) is 0 Å². The van der Waals surface area contributed by atoms with Crippen molar-refractivity contribution in [2.75, 3.05) is 40.5 Å². The van der Waals surface area contributed by atoms with Gasteiger partial charge in [0.05, 0.1) is 50.5 Å². The van der Waals surface area contributed by atoms with Crippen LogP contribution >= 0.6 is 11.8 Å². The van der Waals surface area contributed by atoms with Crippen molar-refractivity contribution in [2.45, 2.75) is 39.2 Å². The quantitative estimate of drug-likeness (QED) is 0.303. The Morgan fingerprint density at radius 1 is 1.15 bits per heavy atom. The molecule has 11 heteroatoms. The van der Waals surface area contributed by atoms with Gasteiger partial charge in [-0.3, -0.25) is 9.59 Å². The summed E-state index contributed by atoms with van der Waals surface area (Å²) in [6.45, 7) is 8.45. The summed E-state index contributed by atoms with van der Waals surface area (Å²) in [6, 6.07) is 4.78. The molecule has 0 saturated carbocycles. The average molecular weight is 570 g/mol. The second-order valence-electron chi connectivity index (χ2n) is 9.53. The van der Waals surface area contributed by atoms with Gasteiger partial charge in [0.1, 0.15) is 18.1 Å². The molecule has 0 bridgehead atoms. The van der Waals surface area contributed by atoms with Crippen molar-refractivity contribution in [1.29, 1.82) is 0 Å². The molecule has 40 heavy (non-hydrogen) atoms. The lowest BCUT2D eigenvalue weighted by Gasteiger charge is -2.37. The number of aliphatic imine (C=N–C) groups is 1. The molecule has 3 aliphatic rings. The van der Waals surface area contributed by atoms with Gasteiger partial charge in [0.2, 0.25) is 5.91 Å². The lowest BCUT2D eigenvalue weighted by molar-refractivity contribution is -0.151. The Morgan fingerprint density at radius 2 is 1.88 bits per heavy atom. The zero-order valence-corrected chi connectivity index (χ0v) is 24.1. The average Bonchev–Trinajstić information content (AvgIpc) is 3.36. The number of likely N-dealkylation sites (tertiary alicyclic amines) is 1. The number of allylic oxidation sites excluding steroid dienone is 1. The number of rotatable bonds is 10. The highest BCUT2D eigenvalue weighted by atomic mass is 32.2. The van der Waals surface area contributed by atoms with Gasteiger partial charge in [0, 0.05) is 24.9 Å². The van der Waals surface area contributed by atoms with Gasteiger partial charge in [-0.1, -0.05) is 24.4 Å². The monoisotopic (exact) mass is 569 g/mol. The van der Waals surface area contributed by atoms with Crippen LogP contribution in [-0.2, 0) is 23.9 Å². The van der Waals surface area contributed by atoms with Crippen LogP contribution in [0.25, 0.3) is 0 Å². The van der Waals surface area contributed by atoms with Crippen molar-refractivity contribution in [1.82, 2.24) is 9.80 Å². The molecular formula is C29H35N3O7S. The number of fused-ring (bicyclic) bond motifs is 1. The summed E-state index contributed by atoms with van der Waals surface area (Å²) >= 11 is 1.39. The molecule has 1 amide bonds. The summed E-state index contributed by atoms with van der Waals surface area (Å²) in [6.07, 6.45) is 3.01. The van der Waals surface area contributed by atoms with Crippen LogP contribution in [-0.4, -0.2) is 73.3 Å². The number of thioether (sulfide) groups is 1. The van der Waals surface area contributed by atoms with E-state index < -0.39 is 12.0 Å². The predicted octanol–water partition coefficient (Wildman–Crippen LogP) is 4.20. The zero-order valence-electron chi connectivity index (χ0n) is 23.3. The van der Waals surface area contributed by atoms with Crippen molar-refractivity contribution in [3.05, 3.63) is 58.8 Å². The first-order valence-corrected chi connectivity index (χ1v) is 14.1. The molecule has 0 N–H and O–H groups in total. The Kier molecular flexibility index (Phi) is 9.57. The topological polar surface area (TPSA) is 107 Å². The smallest absolute Gasteiger partial charge is 0.338 e. The van der Waals surface area contributed by atoms with E-state index in [2.05, 4.69) is 6.58 Å². The Labute approximate surface area is 238 Å². The van der Waals surface area contributed by atoms with E-state index in [4.69, 9.17) is 23.9 Å². The van der Waals surface area contributed by atoms with E-state index in [0.717, 1.165) is 12.0 Å². The van der Waals surface area contributed by atoms with Crippen LogP contribution in [0.5, 0.6) is 11.5 Å². The minimum Gasteiger partial charge on any atom is -0.497 e. The van der Waals surface area contributed by atoms with Gasteiger partial charge in [0.25, 0.3) is 0 Å². The van der Waals surface area contributed by atoms with Crippen LogP contribution in [0.15, 0.2) is 58.2 Å². The first-order valence-electron chi connectivity index (χ1n) is 13.2. The Morgan fingerprint density at radius 3 is 2.52 bits per heavy atom. The Hall–Kier alpha value is -3.73. The van der Waals surface area contributed by atoms with Crippen molar-refractivity contribution < 1.29 is 33.3 Å². The maximum atomic E-state index is 13.5. The minimum atomic E-state index is -0.642. The molecule has 0 radical (unpaired) electrons. The van der Waals surface area contributed by atoms with Gasteiger partial charge in [-0.2, -0.15) is 0 Å². The second kappa shape index (κ2) is 13.1. The Balaban J connectivity index is 1.67. The highest BCUT2D eigenvalue weighted by molar-refractivity contribution is 8.16. The van der Waals surface area contributed by atoms with Crippen molar-refractivity contribution >= 4 is 34.8 Å². The molecule has 0 unspecified atom stereocenters. The van der Waals surface area contributed by atoms with Gasteiger partial charge in [-0.25, -0.2) is 9.79 Å². The number of carbonyl (C=O) groups is 3. The highest BCUT2D eigenvalue weighted by Gasteiger charge is 2.42. The lowest BCUT2D eigenvalue weighted by atomic mass is 9.93. The van der Waals surface area contributed by atoms with Crippen LogP contribution < -0.4 is 9.47 Å². The summed E-state index contributed by atoms with van der Waals surface area (Å²) in [4.78, 5) is 47.5. The molecule has 10 nitrogen and oxygen atoms in total. The second-order valence-corrected chi connectivity index (χ2v) is 10.4. The molecular weight excluding hydrogens is 534 g/mol. The minimum absolute atomic E-state index is 0.0485. The molecule has 1 fully saturated rings. The number of methoxy groups -OCH3 is 2. The van der Waals surface area contributed by atoms with Crippen molar-refractivity contribution in [2.24, 2.45) is 10.9 Å². The molecule has 1 saturated heterocycles. The number of amidine groups is 1. The first kappa shape index (κ1) is 29.3. The van der Waals surface area contributed by atoms with Gasteiger partial charge in [-0.15, -0.1) is 0 Å². The third-order valence-electron chi connectivity index (χ3n) is 6.97. The number of nitrogens with zero attached hydrogens (tertiary/aromatic N) is 3. The predicted molar refractivity (Wildman–Crippen MR) is 152 cm³/mol. The molecule has 1 aromatic carbocycles. The Bertz CT molecular complexity index is 1250. The molecule has 214 valence electrons. The lowest BCUT2D eigenvalue weighted by Crippen LogP contribution is -2.44. The van der Waals surface area contributed by atoms with Crippen LogP contribution in [0.3, 0.4) is 0 Å². The molecule has 4 rings (SSSR count). The molecule has 3 heterocycles. The fraction of sp³-hybridized carbons (Fsp3) is 0.448. The third kappa shape index (κ3) is 6.19. The highest BCUT2D eigenvalue weighted by Crippen LogP contribution is 2.46. The van der Waals surface area contributed by atoms with Gasteiger partial charge in [-0.05, 0) is 49.8 Å². The summed E-state index contributed by atoms with van der Waals surface area (Å²) < 4.78 is 21.7. The van der Waals surface area contributed by atoms with E-state index in [9.17, 15) is 14.4 Å². The van der Waals surface area contributed by atoms with Crippen molar-refractivity contribution in [3.63, 3.8) is 0 Å². The van der Waals surface area contributed by atoms with Crippen molar-refractivity contribution in [3.8, 4) is 11.5 Å². The molecule has 1 aromatic rings. The number of hydrogen-bond acceptors (Lipinski definition) is 10. The molecule has 0 spiro atoms. The largest absolute Gasteiger partial charge is 0.497 e. The fourth-order valence-corrected chi connectivity index (χ4v) is 6.03. The molecule has 2 atom stereocenters. The summed E-state index contributed by atoms with van der Waals surface area (Å²) in [5.41, 5.74) is 2.28. The van der Waals surface area contributed by atoms with E-state index in [0.29, 0.717) is 59.8 Å². The van der Waals surface area contributed by atoms with Crippen LogP contribution in [0.1, 0.15) is 44.7 Å². The zero-order chi connectivity index (χ0) is 28.8. The molecule has 3 aliphatic heterocycles. The maximum absolute atomic E-state index is 13.5. The standard InChI is InChI=1S/C29H35N3O7S/c1-6-11-39-28(35)25-18(3)30-29-32(26(25)20-12-22(36-4)15-23(13-20)37-5)21(17-40-29)14-24(33)31-10-8-9-19(16-31)27(34)38-7-2/h6,12-13,15,17,19,26H,1,7-11,14,16H2,2-5H3/t19-,26-/m1/s1. The van der Waals surface area contributed by atoms with Crippen LogP contribution in [0, 0.1) is 5.92 Å². The number of esters is 2. The number of piperidine rings is 1. The first-order chi connectivity index (χ1) is 19.3. The number of benzene rings is 1. The summed E-state index contributed by atoms with van der Waals surface area (Å²) in [7, 11) is 3.12. The van der Waals surface area contributed by atoms with E-state index in [-0.39, 0.29) is 30.8 Å². The normalized spacial score (nSPS) is 20.3. The van der Waals surface area contributed by atoms with Gasteiger partial charge in [0.15, 0.2) is 5.17 Å². The van der Waals surface area contributed by atoms with E-state index in [1.54, 1.807) is 39.0 Å². The maximum Gasteiger partial charge on any atom is 0.338 e. The SMILES string of the molecule is C=CCOC(=O)C1=C(C)N=C2SC=C(CC(=O)N3CCC[C@@H](C(=O)OCC)C3)N2[C@@H]1c1cc(OC)cc(OC)c1. The fourth-order valence-electron chi connectivity index (χ4n) is 5.07. The molecule has 0 aliphatic carbocycles. The van der Waals surface area contributed by atoms with E-state index >= 15 is 0 Å². The summed E-state index contributed by atoms with van der Waals surface area (Å²) in [5, 5.41) is 2.54. The number of amides is 1. The van der Waals surface area contributed by atoms with E-state index in [1.165, 1.54) is 17.8 Å².